The van der Waals surface area contributed by atoms with Gasteiger partial charge in [-0.1, -0.05) is 25.1 Å². The molecule has 0 aliphatic rings. The minimum absolute atomic E-state index is 0.286. The summed E-state index contributed by atoms with van der Waals surface area (Å²) in [5.74, 6) is -3.13. The van der Waals surface area contributed by atoms with Crippen molar-refractivity contribution < 1.29 is 27.9 Å². The van der Waals surface area contributed by atoms with Crippen LogP contribution in [0.3, 0.4) is 0 Å². The van der Waals surface area contributed by atoms with E-state index < -0.39 is 36.7 Å². The van der Waals surface area contributed by atoms with Crippen LogP contribution in [0.25, 0.3) is 0 Å². The van der Waals surface area contributed by atoms with E-state index in [0.717, 1.165) is 0 Å². The number of alkyl halides is 2. The maximum absolute atomic E-state index is 13.4. The number of amides is 1. The Bertz CT molecular complexity index is 523. The lowest BCUT2D eigenvalue weighted by atomic mass is 9.99. The molecule has 2 atom stereocenters. The normalized spacial score (nSPS) is 13.7. The summed E-state index contributed by atoms with van der Waals surface area (Å²) in [6.45, 7) is 1.54. The molecule has 0 aliphatic heterocycles. The number of nitrogens with one attached hydrogen (secondary N) is 1. The maximum atomic E-state index is 13.4. The van der Waals surface area contributed by atoms with Crippen LogP contribution in [0, 0.1) is 11.7 Å². The molecular weight excluding hydrogens is 299 g/mol. The number of carbonyl (C=O) groups excluding carboxylic acids is 1. The number of hydrogen-bond donors (Lipinski definition) is 2. The van der Waals surface area contributed by atoms with Crippen molar-refractivity contribution >= 4 is 11.9 Å². The maximum Gasteiger partial charge on any atom is 0.326 e. The lowest BCUT2D eigenvalue weighted by Crippen LogP contribution is -2.44. The summed E-state index contributed by atoms with van der Waals surface area (Å²) in [4.78, 5) is 22.7. The molecule has 0 spiro atoms. The quantitative estimate of drug-likeness (QED) is 0.774. The molecule has 0 aromatic heterocycles. The molecule has 1 amide bonds. The van der Waals surface area contributed by atoms with Crippen LogP contribution < -0.4 is 5.32 Å². The van der Waals surface area contributed by atoms with E-state index in [4.69, 9.17) is 5.11 Å². The van der Waals surface area contributed by atoms with Gasteiger partial charge < -0.3 is 10.4 Å². The molecule has 22 heavy (non-hydrogen) atoms. The molecule has 0 fully saturated rings. The number of hydrogen-bond acceptors (Lipinski definition) is 2. The average Bonchev–Trinajstić information content (AvgIpc) is 2.44. The van der Waals surface area contributed by atoms with E-state index in [0.29, 0.717) is 12.0 Å². The lowest BCUT2D eigenvalue weighted by molar-refractivity contribution is -0.143. The number of rotatable bonds is 8. The van der Waals surface area contributed by atoms with Crippen molar-refractivity contribution in [2.45, 2.75) is 38.7 Å². The van der Waals surface area contributed by atoms with Crippen LogP contribution in [0.1, 0.15) is 25.3 Å². The van der Waals surface area contributed by atoms with Gasteiger partial charge in [-0.3, -0.25) is 4.79 Å². The molecule has 1 aromatic rings. The second-order valence-corrected chi connectivity index (χ2v) is 5.06. The molecule has 0 radical (unpaired) electrons. The van der Waals surface area contributed by atoms with Gasteiger partial charge in [-0.2, -0.15) is 0 Å². The first-order valence-electron chi connectivity index (χ1n) is 6.86. The van der Waals surface area contributed by atoms with Gasteiger partial charge in [0.15, 0.2) is 0 Å². The highest BCUT2D eigenvalue weighted by Crippen LogP contribution is 2.14. The van der Waals surface area contributed by atoms with Crippen LogP contribution in [-0.2, 0) is 16.0 Å². The lowest BCUT2D eigenvalue weighted by Gasteiger charge is -2.17. The number of aryl methyl sites for hydroxylation is 1. The highest BCUT2D eigenvalue weighted by atomic mass is 19.3. The molecule has 122 valence electrons. The fourth-order valence-corrected chi connectivity index (χ4v) is 1.92. The fourth-order valence-electron chi connectivity index (χ4n) is 1.92. The van der Waals surface area contributed by atoms with E-state index in [-0.39, 0.29) is 12.2 Å². The Labute approximate surface area is 126 Å². The molecule has 0 saturated carbocycles. The summed E-state index contributed by atoms with van der Waals surface area (Å²) in [5.41, 5.74) is 0.449. The molecule has 0 heterocycles. The van der Waals surface area contributed by atoms with Gasteiger partial charge >= 0.3 is 5.97 Å². The molecule has 0 bridgehead atoms. The van der Waals surface area contributed by atoms with Crippen molar-refractivity contribution in [2.24, 2.45) is 5.92 Å². The first-order chi connectivity index (χ1) is 10.3. The van der Waals surface area contributed by atoms with E-state index in [1.54, 1.807) is 18.2 Å². The SMILES string of the molecule is CC(CCc1ccccc1F)C(=O)NC(CC(F)F)C(=O)O. The van der Waals surface area contributed by atoms with Crippen molar-refractivity contribution in [2.75, 3.05) is 0 Å². The van der Waals surface area contributed by atoms with Gasteiger partial charge in [0.25, 0.3) is 0 Å². The highest BCUT2D eigenvalue weighted by molar-refractivity contribution is 5.84. The minimum atomic E-state index is -2.82. The smallest absolute Gasteiger partial charge is 0.326 e. The van der Waals surface area contributed by atoms with Crippen LogP contribution in [0.5, 0.6) is 0 Å². The minimum Gasteiger partial charge on any atom is -0.480 e. The van der Waals surface area contributed by atoms with Gasteiger partial charge in [0, 0.05) is 12.3 Å². The molecule has 1 aromatic carbocycles. The number of carboxylic acid groups (broad SMARTS) is 1. The van der Waals surface area contributed by atoms with E-state index >= 15 is 0 Å². The summed E-state index contributed by atoms with van der Waals surface area (Å²) in [5, 5.41) is 10.9. The molecule has 2 unspecified atom stereocenters. The molecule has 2 N–H and O–H groups in total. The predicted molar refractivity (Wildman–Crippen MR) is 74.1 cm³/mol. The van der Waals surface area contributed by atoms with Gasteiger partial charge in [-0.05, 0) is 24.5 Å². The zero-order chi connectivity index (χ0) is 16.7. The van der Waals surface area contributed by atoms with Crippen LogP contribution in [0.2, 0.25) is 0 Å². The van der Waals surface area contributed by atoms with Crippen molar-refractivity contribution in [1.82, 2.24) is 5.32 Å². The molecule has 1 rings (SSSR count). The van der Waals surface area contributed by atoms with Crippen molar-refractivity contribution in [3.8, 4) is 0 Å². The Balaban J connectivity index is 2.54. The summed E-state index contributed by atoms with van der Waals surface area (Å²) in [6.07, 6.45) is -3.18. The third kappa shape index (κ3) is 5.75. The number of halogens is 3. The number of carbonyl (C=O) groups is 2. The standard InChI is InChI=1S/C15H18F3NO3/c1-9(6-7-10-4-2-3-5-11(10)16)14(20)19-12(15(21)22)8-13(17)18/h2-5,9,12-13H,6-8H2,1H3,(H,19,20)(H,21,22). The Kier molecular flexibility index (Phi) is 6.88. The van der Waals surface area contributed by atoms with Crippen molar-refractivity contribution in [3.63, 3.8) is 0 Å². The highest BCUT2D eigenvalue weighted by Gasteiger charge is 2.26. The zero-order valence-electron chi connectivity index (χ0n) is 12.1. The van der Waals surface area contributed by atoms with E-state index in [1.165, 1.54) is 13.0 Å². The van der Waals surface area contributed by atoms with Crippen LogP contribution in [0.4, 0.5) is 13.2 Å². The Hall–Kier alpha value is -2.05. The van der Waals surface area contributed by atoms with E-state index in [9.17, 15) is 22.8 Å². The van der Waals surface area contributed by atoms with E-state index in [1.807, 2.05) is 0 Å². The summed E-state index contributed by atoms with van der Waals surface area (Å²) < 4.78 is 37.9. The monoisotopic (exact) mass is 317 g/mol. The third-order valence-electron chi connectivity index (χ3n) is 3.28. The average molecular weight is 317 g/mol. The summed E-state index contributed by atoms with van der Waals surface area (Å²) in [7, 11) is 0. The van der Waals surface area contributed by atoms with Crippen LogP contribution in [-0.4, -0.2) is 29.5 Å². The Morgan fingerprint density at radius 2 is 1.91 bits per heavy atom. The Morgan fingerprint density at radius 3 is 2.45 bits per heavy atom. The van der Waals surface area contributed by atoms with Gasteiger partial charge in [0.2, 0.25) is 12.3 Å². The molecule has 0 saturated heterocycles. The third-order valence-corrected chi connectivity index (χ3v) is 3.28. The van der Waals surface area contributed by atoms with Crippen molar-refractivity contribution in [1.29, 1.82) is 0 Å². The first kappa shape index (κ1) is 18.0. The van der Waals surface area contributed by atoms with Crippen LogP contribution in [0.15, 0.2) is 24.3 Å². The molecule has 7 heteroatoms. The number of carboxylic acids is 1. The topological polar surface area (TPSA) is 66.4 Å². The van der Waals surface area contributed by atoms with E-state index in [2.05, 4.69) is 5.32 Å². The summed E-state index contributed by atoms with van der Waals surface area (Å²) in [6, 6.07) is 4.51. The molecular formula is C15H18F3NO3. The summed E-state index contributed by atoms with van der Waals surface area (Å²) >= 11 is 0. The predicted octanol–water partition coefficient (Wildman–Crippen LogP) is 2.62. The molecule has 0 aliphatic carbocycles. The number of benzene rings is 1. The van der Waals surface area contributed by atoms with Gasteiger partial charge in [0.05, 0.1) is 0 Å². The van der Waals surface area contributed by atoms with Gasteiger partial charge in [0.1, 0.15) is 11.9 Å². The van der Waals surface area contributed by atoms with Gasteiger partial charge in [-0.25, -0.2) is 18.0 Å². The second kappa shape index (κ2) is 8.41. The zero-order valence-corrected chi connectivity index (χ0v) is 12.1. The van der Waals surface area contributed by atoms with Gasteiger partial charge in [-0.15, -0.1) is 0 Å². The molecule has 4 nitrogen and oxygen atoms in total. The second-order valence-electron chi connectivity index (χ2n) is 5.06. The Morgan fingerprint density at radius 1 is 1.27 bits per heavy atom. The largest absolute Gasteiger partial charge is 0.480 e. The van der Waals surface area contributed by atoms with Crippen molar-refractivity contribution in [3.05, 3.63) is 35.6 Å². The number of aliphatic carboxylic acids is 1. The van der Waals surface area contributed by atoms with Crippen LogP contribution >= 0.6 is 0 Å². The first-order valence-corrected chi connectivity index (χ1v) is 6.86. The fraction of sp³-hybridized carbons (Fsp3) is 0.467.